The van der Waals surface area contributed by atoms with E-state index in [1.807, 2.05) is 0 Å². The van der Waals surface area contributed by atoms with Crippen LogP contribution in [0.2, 0.25) is 10.0 Å². The van der Waals surface area contributed by atoms with Gasteiger partial charge in [-0.15, -0.1) is 0 Å². The molecule has 1 fully saturated rings. The summed E-state index contributed by atoms with van der Waals surface area (Å²) < 4.78 is 13.2. The minimum atomic E-state index is -1.22. The second kappa shape index (κ2) is 6.65. The smallest absolute Gasteiger partial charge is 0.319 e. The molecule has 25 heavy (non-hydrogen) atoms. The first kappa shape index (κ1) is 17.7. The third-order valence-electron chi connectivity index (χ3n) is 4.42. The van der Waals surface area contributed by atoms with Gasteiger partial charge in [-0.3, -0.25) is 9.69 Å². The van der Waals surface area contributed by atoms with Gasteiger partial charge in [-0.05, 0) is 36.2 Å². The largest absolute Gasteiger partial charge is 0.325 e. The van der Waals surface area contributed by atoms with Gasteiger partial charge in [-0.1, -0.05) is 48.3 Å². The van der Waals surface area contributed by atoms with Crippen molar-refractivity contribution in [2.75, 3.05) is 0 Å². The molecular formula is C18H15Cl2FN2O2. The van der Waals surface area contributed by atoms with E-state index in [2.05, 4.69) is 5.32 Å². The van der Waals surface area contributed by atoms with Crippen molar-refractivity contribution < 1.29 is 14.0 Å². The number of amides is 3. The Balaban J connectivity index is 1.97. The highest BCUT2D eigenvalue weighted by Gasteiger charge is 2.51. The third kappa shape index (κ3) is 2.98. The summed E-state index contributed by atoms with van der Waals surface area (Å²) in [5, 5.41) is 3.50. The van der Waals surface area contributed by atoms with Gasteiger partial charge in [0.05, 0.1) is 6.54 Å². The fourth-order valence-electron chi connectivity index (χ4n) is 2.99. The fourth-order valence-corrected chi connectivity index (χ4v) is 3.50. The highest BCUT2D eigenvalue weighted by Crippen LogP contribution is 2.35. The van der Waals surface area contributed by atoms with Crippen LogP contribution >= 0.6 is 23.2 Å². The quantitative estimate of drug-likeness (QED) is 0.794. The Morgan fingerprint density at radius 3 is 2.24 bits per heavy atom. The van der Waals surface area contributed by atoms with E-state index in [0.29, 0.717) is 27.6 Å². The lowest BCUT2D eigenvalue weighted by Crippen LogP contribution is -2.43. The van der Waals surface area contributed by atoms with E-state index >= 15 is 0 Å². The molecule has 1 heterocycles. The molecule has 0 unspecified atom stereocenters. The van der Waals surface area contributed by atoms with E-state index in [9.17, 15) is 14.0 Å². The fraction of sp³-hybridized carbons (Fsp3) is 0.222. The molecule has 0 aromatic heterocycles. The van der Waals surface area contributed by atoms with Crippen LogP contribution in [-0.2, 0) is 16.9 Å². The van der Waals surface area contributed by atoms with Crippen molar-refractivity contribution in [1.29, 1.82) is 0 Å². The molecule has 0 radical (unpaired) electrons. The second-order valence-corrected chi connectivity index (χ2v) is 6.60. The summed E-state index contributed by atoms with van der Waals surface area (Å²) in [5.74, 6) is -0.825. The van der Waals surface area contributed by atoms with Gasteiger partial charge in [0.2, 0.25) is 0 Å². The molecule has 2 aromatic carbocycles. The molecule has 1 saturated heterocycles. The Bertz CT molecular complexity index is 821. The van der Waals surface area contributed by atoms with Crippen molar-refractivity contribution in [2.24, 2.45) is 0 Å². The topological polar surface area (TPSA) is 49.4 Å². The van der Waals surface area contributed by atoms with Crippen LogP contribution in [0, 0.1) is 5.82 Å². The molecule has 3 rings (SSSR count). The van der Waals surface area contributed by atoms with Gasteiger partial charge in [0.15, 0.2) is 0 Å². The average molecular weight is 381 g/mol. The van der Waals surface area contributed by atoms with Crippen LogP contribution in [0.1, 0.15) is 24.5 Å². The summed E-state index contributed by atoms with van der Waals surface area (Å²) in [6, 6.07) is 9.98. The molecule has 3 amide bonds. The zero-order valence-corrected chi connectivity index (χ0v) is 14.9. The normalized spacial score (nSPS) is 20.1. The lowest BCUT2D eigenvalue weighted by Gasteiger charge is -2.26. The zero-order chi connectivity index (χ0) is 18.2. The van der Waals surface area contributed by atoms with E-state index in [4.69, 9.17) is 23.2 Å². The number of urea groups is 1. The van der Waals surface area contributed by atoms with E-state index < -0.39 is 23.3 Å². The number of benzene rings is 2. The predicted molar refractivity (Wildman–Crippen MR) is 93.9 cm³/mol. The van der Waals surface area contributed by atoms with E-state index in [1.54, 1.807) is 25.1 Å². The van der Waals surface area contributed by atoms with Gasteiger partial charge >= 0.3 is 6.03 Å². The van der Waals surface area contributed by atoms with Crippen LogP contribution in [0.5, 0.6) is 0 Å². The Hall–Kier alpha value is -2.11. The van der Waals surface area contributed by atoms with Gasteiger partial charge in [0.1, 0.15) is 11.4 Å². The third-order valence-corrected chi connectivity index (χ3v) is 5.13. The minimum absolute atomic E-state index is 0.0356. The van der Waals surface area contributed by atoms with Crippen molar-refractivity contribution in [1.82, 2.24) is 10.2 Å². The van der Waals surface area contributed by atoms with Crippen LogP contribution in [0.3, 0.4) is 0 Å². The Kier molecular flexibility index (Phi) is 4.71. The van der Waals surface area contributed by atoms with E-state index in [-0.39, 0.29) is 6.54 Å². The average Bonchev–Trinajstić information content (AvgIpc) is 2.83. The number of imide groups is 1. The van der Waals surface area contributed by atoms with Crippen LogP contribution in [-0.4, -0.2) is 16.8 Å². The van der Waals surface area contributed by atoms with Crippen molar-refractivity contribution in [3.63, 3.8) is 0 Å². The Labute approximate surface area is 154 Å². The van der Waals surface area contributed by atoms with Gasteiger partial charge in [0, 0.05) is 15.6 Å². The molecule has 2 aromatic rings. The number of hydrogen-bond acceptors (Lipinski definition) is 2. The molecule has 0 aliphatic carbocycles. The lowest BCUT2D eigenvalue weighted by molar-refractivity contribution is -0.132. The standard InChI is InChI=1S/C18H15Cl2FN2O2/c1-2-18(11-6-8-12(21)9-7-11)16(24)23(17(25)22-18)10-13-14(19)4-3-5-15(13)20/h3-9H,2,10H2,1H3,(H,22,25)/t18-/m1/s1. The van der Waals surface area contributed by atoms with Gasteiger partial charge in [0.25, 0.3) is 5.91 Å². The van der Waals surface area contributed by atoms with Crippen molar-refractivity contribution in [3.05, 3.63) is 69.5 Å². The SMILES string of the molecule is CC[C@]1(c2ccc(F)cc2)NC(=O)N(Cc2c(Cl)cccc2Cl)C1=O. The Morgan fingerprint density at radius 1 is 1.08 bits per heavy atom. The molecule has 4 nitrogen and oxygen atoms in total. The van der Waals surface area contributed by atoms with Crippen molar-refractivity contribution in [2.45, 2.75) is 25.4 Å². The zero-order valence-electron chi connectivity index (χ0n) is 13.4. The molecule has 1 aliphatic rings. The monoisotopic (exact) mass is 380 g/mol. The Morgan fingerprint density at radius 2 is 1.68 bits per heavy atom. The van der Waals surface area contributed by atoms with Crippen LogP contribution in [0.15, 0.2) is 42.5 Å². The van der Waals surface area contributed by atoms with Crippen LogP contribution < -0.4 is 5.32 Å². The molecular weight excluding hydrogens is 366 g/mol. The maximum absolute atomic E-state index is 13.2. The van der Waals surface area contributed by atoms with Gasteiger partial charge < -0.3 is 5.32 Å². The second-order valence-electron chi connectivity index (χ2n) is 5.79. The summed E-state index contributed by atoms with van der Waals surface area (Å²) in [5.41, 5.74) is -0.193. The van der Waals surface area contributed by atoms with E-state index in [0.717, 1.165) is 4.90 Å². The summed E-state index contributed by atoms with van der Waals surface area (Å²) in [7, 11) is 0. The first-order valence-electron chi connectivity index (χ1n) is 7.72. The molecule has 0 saturated carbocycles. The molecule has 1 atom stereocenters. The van der Waals surface area contributed by atoms with Crippen molar-refractivity contribution in [3.8, 4) is 0 Å². The maximum Gasteiger partial charge on any atom is 0.325 e. The van der Waals surface area contributed by atoms with Crippen LogP contribution in [0.4, 0.5) is 9.18 Å². The molecule has 0 bridgehead atoms. The van der Waals surface area contributed by atoms with Crippen molar-refractivity contribution >= 4 is 35.1 Å². The number of nitrogens with one attached hydrogen (secondary N) is 1. The number of halogens is 3. The molecule has 1 aliphatic heterocycles. The summed E-state index contributed by atoms with van der Waals surface area (Å²) in [6.45, 7) is 1.75. The number of rotatable bonds is 4. The maximum atomic E-state index is 13.2. The summed E-state index contributed by atoms with van der Waals surface area (Å²) in [4.78, 5) is 26.6. The van der Waals surface area contributed by atoms with Gasteiger partial charge in [-0.2, -0.15) is 0 Å². The van der Waals surface area contributed by atoms with E-state index in [1.165, 1.54) is 24.3 Å². The summed E-state index contributed by atoms with van der Waals surface area (Å²) >= 11 is 12.3. The highest BCUT2D eigenvalue weighted by atomic mass is 35.5. The van der Waals surface area contributed by atoms with Gasteiger partial charge in [-0.25, -0.2) is 9.18 Å². The number of carbonyl (C=O) groups excluding carboxylic acids is 2. The molecule has 0 spiro atoms. The first-order valence-corrected chi connectivity index (χ1v) is 8.47. The number of carbonyl (C=O) groups is 2. The first-order chi connectivity index (χ1) is 11.9. The molecule has 7 heteroatoms. The lowest BCUT2D eigenvalue weighted by atomic mass is 9.87. The number of hydrogen-bond donors (Lipinski definition) is 1. The van der Waals surface area contributed by atoms with Crippen LogP contribution in [0.25, 0.3) is 0 Å². The number of nitrogens with zero attached hydrogens (tertiary/aromatic N) is 1. The molecule has 1 N–H and O–H groups in total. The summed E-state index contributed by atoms with van der Waals surface area (Å²) in [6.07, 6.45) is 0.329. The predicted octanol–water partition coefficient (Wildman–Crippen LogP) is 4.49. The highest BCUT2D eigenvalue weighted by molar-refractivity contribution is 6.36. The molecule has 130 valence electrons. The minimum Gasteiger partial charge on any atom is -0.319 e.